The molecular weight excluding hydrogens is 469 g/mol. The number of nitrogens with one attached hydrogen (secondary N) is 1. The van der Waals surface area contributed by atoms with Crippen LogP contribution in [0.15, 0.2) is 47.4 Å². The Hall–Kier alpha value is -1.77. The number of halogens is 3. The molecule has 3 rings (SSSR count). The van der Waals surface area contributed by atoms with Gasteiger partial charge in [0.05, 0.1) is 20.6 Å². The molecule has 0 aromatic heterocycles. The van der Waals surface area contributed by atoms with Crippen molar-refractivity contribution in [2.75, 3.05) is 18.4 Å². The zero-order valence-electron chi connectivity index (χ0n) is 15.9. The number of hydrogen-bond donors (Lipinski definition) is 2. The van der Waals surface area contributed by atoms with Gasteiger partial charge < -0.3 is 11.1 Å². The molecule has 0 bridgehead atoms. The number of benzene rings is 2. The molecule has 0 atom stereocenters. The Morgan fingerprint density at radius 1 is 1.00 bits per heavy atom. The molecule has 6 nitrogen and oxygen atoms in total. The highest BCUT2D eigenvalue weighted by molar-refractivity contribution is 7.89. The van der Waals surface area contributed by atoms with Crippen LogP contribution in [-0.4, -0.2) is 31.7 Å². The molecule has 0 saturated carbocycles. The summed E-state index contributed by atoms with van der Waals surface area (Å²) in [5.41, 5.74) is 6.72. The maximum absolute atomic E-state index is 12.9. The second-order valence-corrected chi connectivity index (χ2v) is 10.0. The first-order valence-corrected chi connectivity index (χ1v) is 11.8. The number of nitrogens with zero attached hydrogens (tertiary/aromatic N) is 1. The third-order valence-corrected chi connectivity index (χ3v) is 7.45. The fraction of sp³-hybridized carbons (Fsp3) is 0.250. The first-order valence-electron chi connectivity index (χ1n) is 9.22. The highest BCUT2D eigenvalue weighted by Crippen LogP contribution is 2.29. The van der Waals surface area contributed by atoms with Crippen LogP contribution in [0.25, 0.3) is 5.70 Å². The van der Waals surface area contributed by atoms with Crippen molar-refractivity contribution in [3.05, 3.63) is 63.1 Å². The minimum atomic E-state index is -3.66. The van der Waals surface area contributed by atoms with E-state index in [0.29, 0.717) is 28.7 Å². The zero-order valence-corrected chi connectivity index (χ0v) is 19.0. The van der Waals surface area contributed by atoms with Crippen molar-refractivity contribution in [1.29, 1.82) is 0 Å². The number of sulfonamides is 1. The van der Waals surface area contributed by atoms with E-state index in [-0.39, 0.29) is 21.3 Å². The van der Waals surface area contributed by atoms with Crippen molar-refractivity contribution in [2.24, 2.45) is 5.73 Å². The topological polar surface area (TPSA) is 92.5 Å². The van der Waals surface area contributed by atoms with E-state index in [2.05, 4.69) is 5.32 Å². The molecule has 0 radical (unpaired) electrons. The molecule has 1 saturated heterocycles. The van der Waals surface area contributed by atoms with Crippen molar-refractivity contribution in [2.45, 2.75) is 24.2 Å². The van der Waals surface area contributed by atoms with Gasteiger partial charge in [0, 0.05) is 35.4 Å². The summed E-state index contributed by atoms with van der Waals surface area (Å²) in [7, 11) is -3.66. The lowest BCUT2D eigenvalue weighted by Gasteiger charge is -2.26. The Labute approximate surface area is 190 Å². The molecule has 0 aliphatic carbocycles. The SMILES string of the molecule is N/C(=C\C(=O)Nc1cc(S(=O)(=O)N2CCCCC2)ccc1Cl)c1ccc(Cl)cc1Cl. The van der Waals surface area contributed by atoms with Crippen molar-refractivity contribution < 1.29 is 13.2 Å². The first-order chi connectivity index (χ1) is 14.2. The summed E-state index contributed by atoms with van der Waals surface area (Å²) in [4.78, 5) is 12.5. The van der Waals surface area contributed by atoms with E-state index in [4.69, 9.17) is 40.5 Å². The summed E-state index contributed by atoms with van der Waals surface area (Å²) in [5.74, 6) is -0.576. The van der Waals surface area contributed by atoms with Gasteiger partial charge in [-0.3, -0.25) is 4.79 Å². The summed E-state index contributed by atoms with van der Waals surface area (Å²) >= 11 is 18.1. The largest absolute Gasteiger partial charge is 0.398 e. The first kappa shape index (κ1) is 22.9. The van der Waals surface area contributed by atoms with Crippen LogP contribution in [0.3, 0.4) is 0 Å². The molecule has 1 aliphatic heterocycles. The zero-order chi connectivity index (χ0) is 21.9. The van der Waals surface area contributed by atoms with Gasteiger partial charge in [-0.2, -0.15) is 4.31 Å². The summed E-state index contributed by atoms with van der Waals surface area (Å²) in [6, 6.07) is 8.94. The van der Waals surface area contributed by atoms with Crippen LogP contribution in [0, 0.1) is 0 Å². The van der Waals surface area contributed by atoms with Crippen molar-refractivity contribution in [3.8, 4) is 0 Å². The number of carbonyl (C=O) groups is 1. The second-order valence-electron chi connectivity index (χ2n) is 6.82. The monoisotopic (exact) mass is 487 g/mol. The molecule has 10 heteroatoms. The van der Waals surface area contributed by atoms with E-state index >= 15 is 0 Å². The van der Waals surface area contributed by atoms with Crippen LogP contribution in [0.5, 0.6) is 0 Å². The molecule has 0 spiro atoms. The number of amides is 1. The number of anilines is 1. The van der Waals surface area contributed by atoms with Gasteiger partial charge in [0.2, 0.25) is 15.9 Å². The van der Waals surface area contributed by atoms with Gasteiger partial charge in [-0.15, -0.1) is 0 Å². The minimum absolute atomic E-state index is 0.0711. The highest BCUT2D eigenvalue weighted by atomic mass is 35.5. The van der Waals surface area contributed by atoms with E-state index in [1.807, 2.05) is 0 Å². The molecule has 0 unspecified atom stereocenters. The van der Waals surface area contributed by atoms with Crippen molar-refractivity contribution in [1.82, 2.24) is 4.31 Å². The van der Waals surface area contributed by atoms with E-state index in [0.717, 1.165) is 25.3 Å². The fourth-order valence-electron chi connectivity index (χ4n) is 3.13. The average Bonchev–Trinajstić information content (AvgIpc) is 2.70. The molecule has 1 heterocycles. The van der Waals surface area contributed by atoms with E-state index < -0.39 is 15.9 Å². The lowest BCUT2D eigenvalue weighted by atomic mass is 10.1. The predicted molar refractivity (Wildman–Crippen MR) is 121 cm³/mol. The molecule has 1 fully saturated rings. The van der Waals surface area contributed by atoms with E-state index in [9.17, 15) is 13.2 Å². The van der Waals surface area contributed by atoms with Crippen LogP contribution in [0.1, 0.15) is 24.8 Å². The molecule has 2 aromatic carbocycles. The molecule has 3 N–H and O–H groups in total. The summed E-state index contributed by atoms with van der Waals surface area (Å²) in [6.07, 6.45) is 3.82. The normalized spacial score (nSPS) is 15.8. The van der Waals surface area contributed by atoms with Gasteiger partial charge in [-0.25, -0.2) is 8.42 Å². The minimum Gasteiger partial charge on any atom is -0.398 e. The number of hydrogen-bond acceptors (Lipinski definition) is 4. The van der Waals surface area contributed by atoms with Gasteiger partial charge in [0.25, 0.3) is 0 Å². The van der Waals surface area contributed by atoms with Gasteiger partial charge in [-0.1, -0.05) is 41.2 Å². The maximum Gasteiger partial charge on any atom is 0.250 e. The van der Waals surface area contributed by atoms with Crippen molar-refractivity contribution >= 4 is 62.1 Å². The standard InChI is InChI=1S/C20H20Cl3N3O3S/c21-13-4-6-15(17(23)10-13)18(24)12-20(27)25-19-11-14(5-7-16(19)22)30(28,29)26-8-2-1-3-9-26/h4-7,10-12H,1-3,8-9,24H2,(H,25,27)/b18-12-. The van der Waals surface area contributed by atoms with Crippen molar-refractivity contribution in [3.63, 3.8) is 0 Å². The lowest BCUT2D eigenvalue weighted by molar-refractivity contribution is -0.111. The van der Waals surface area contributed by atoms with E-state index in [1.165, 1.54) is 28.6 Å². The number of rotatable bonds is 5. The quantitative estimate of drug-likeness (QED) is 0.594. The summed E-state index contributed by atoms with van der Waals surface area (Å²) in [6.45, 7) is 0.960. The molecular formula is C20H20Cl3N3O3S. The van der Waals surface area contributed by atoms with Crippen LogP contribution >= 0.6 is 34.8 Å². The summed E-state index contributed by atoms with van der Waals surface area (Å²) in [5, 5.41) is 3.53. The second kappa shape index (κ2) is 9.58. The number of nitrogens with two attached hydrogens (primary N) is 1. The molecule has 1 aliphatic rings. The molecule has 160 valence electrons. The third kappa shape index (κ3) is 5.28. The Bertz CT molecular complexity index is 1100. The van der Waals surface area contributed by atoms with Gasteiger partial charge in [0.1, 0.15) is 0 Å². The van der Waals surface area contributed by atoms with Gasteiger partial charge in [-0.05, 0) is 49.2 Å². The Balaban J connectivity index is 1.82. The van der Waals surface area contributed by atoms with Gasteiger partial charge in [0.15, 0.2) is 0 Å². The predicted octanol–water partition coefficient (Wildman–Crippen LogP) is 4.76. The Kier molecular flexibility index (Phi) is 7.31. The van der Waals surface area contributed by atoms with Crippen LogP contribution < -0.4 is 11.1 Å². The lowest BCUT2D eigenvalue weighted by Crippen LogP contribution is -2.35. The Morgan fingerprint density at radius 3 is 2.37 bits per heavy atom. The molecule has 2 aromatic rings. The Morgan fingerprint density at radius 2 is 1.70 bits per heavy atom. The van der Waals surface area contributed by atoms with Crippen LogP contribution in [0.4, 0.5) is 5.69 Å². The molecule has 1 amide bonds. The summed E-state index contributed by atoms with van der Waals surface area (Å²) < 4.78 is 27.2. The van der Waals surface area contributed by atoms with Crippen LogP contribution in [-0.2, 0) is 14.8 Å². The molecule has 30 heavy (non-hydrogen) atoms. The maximum atomic E-state index is 12.9. The van der Waals surface area contributed by atoms with E-state index in [1.54, 1.807) is 12.1 Å². The smallest absolute Gasteiger partial charge is 0.250 e. The van der Waals surface area contributed by atoms with Gasteiger partial charge >= 0.3 is 0 Å². The third-order valence-electron chi connectivity index (χ3n) is 4.68. The van der Waals surface area contributed by atoms with Crippen LogP contribution in [0.2, 0.25) is 15.1 Å². The highest BCUT2D eigenvalue weighted by Gasteiger charge is 2.26. The number of piperidine rings is 1. The fourth-order valence-corrected chi connectivity index (χ4v) is 5.35. The average molecular weight is 489 g/mol. The number of carbonyl (C=O) groups excluding carboxylic acids is 1.